The normalized spacial score (nSPS) is 12.0. The molecule has 0 aliphatic heterocycles. The van der Waals surface area contributed by atoms with E-state index in [1.54, 1.807) is 6.07 Å². The lowest BCUT2D eigenvalue weighted by Crippen LogP contribution is -2.29. The molecule has 0 aromatic heterocycles. The molecule has 1 aromatic rings. The third kappa shape index (κ3) is 4.07. The zero-order chi connectivity index (χ0) is 14.5. The highest BCUT2D eigenvalue weighted by atomic mass is 35.5. The molecule has 108 valence electrons. The molecule has 3 N–H and O–H groups in total. The van der Waals surface area contributed by atoms with E-state index in [4.69, 9.17) is 22.4 Å². The summed E-state index contributed by atoms with van der Waals surface area (Å²) in [5.74, 6) is 0. The van der Waals surface area contributed by atoms with E-state index in [9.17, 15) is 8.42 Å². The lowest BCUT2D eigenvalue weighted by Gasteiger charge is -2.19. The van der Waals surface area contributed by atoms with Crippen molar-refractivity contribution < 1.29 is 13.5 Å². The average Bonchev–Trinajstić information content (AvgIpc) is 2.33. The van der Waals surface area contributed by atoms with Gasteiger partial charge in [0, 0.05) is 20.2 Å². The average molecular weight is 307 g/mol. The summed E-state index contributed by atoms with van der Waals surface area (Å²) in [7, 11) is -2.18. The zero-order valence-corrected chi connectivity index (χ0v) is 12.4. The maximum absolute atomic E-state index is 12.3. The zero-order valence-electron chi connectivity index (χ0n) is 10.8. The Hall–Kier alpha value is -0.820. The molecule has 0 aliphatic carbocycles. The predicted octanol–water partition coefficient (Wildman–Crippen LogP) is 1.71. The third-order valence-electron chi connectivity index (χ3n) is 2.80. The summed E-state index contributed by atoms with van der Waals surface area (Å²) in [6, 6.07) is 4.63. The highest BCUT2D eigenvalue weighted by Crippen LogP contribution is 2.29. The van der Waals surface area contributed by atoms with E-state index in [0.717, 1.165) is 6.42 Å². The number of hydrogen-bond acceptors (Lipinski definition) is 4. The number of sulfonamides is 1. The van der Waals surface area contributed by atoms with Gasteiger partial charge in [-0.25, -0.2) is 12.7 Å². The monoisotopic (exact) mass is 306 g/mol. The molecular formula is C12H19ClN2O3S. The number of anilines is 1. The van der Waals surface area contributed by atoms with Gasteiger partial charge in [0.15, 0.2) is 0 Å². The second-order valence-electron chi connectivity index (χ2n) is 4.27. The van der Waals surface area contributed by atoms with Crippen LogP contribution in [0.25, 0.3) is 0 Å². The molecule has 0 atom stereocenters. The van der Waals surface area contributed by atoms with E-state index >= 15 is 0 Å². The largest absolute Gasteiger partial charge is 0.398 e. The van der Waals surface area contributed by atoms with Crippen molar-refractivity contribution in [3.05, 3.63) is 23.2 Å². The van der Waals surface area contributed by atoms with E-state index in [-0.39, 0.29) is 22.2 Å². The Bertz CT molecular complexity index is 499. The molecule has 0 bridgehead atoms. The van der Waals surface area contributed by atoms with Gasteiger partial charge >= 0.3 is 0 Å². The van der Waals surface area contributed by atoms with Crippen LogP contribution in [-0.2, 0) is 10.0 Å². The number of nitrogens with two attached hydrogens (primary N) is 1. The molecule has 0 fully saturated rings. The quantitative estimate of drug-likeness (QED) is 0.593. The highest BCUT2D eigenvalue weighted by Gasteiger charge is 2.25. The van der Waals surface area contributed by atoms with Crippen LogP contribution in [0.15, 0.2) is 23.1 Å². The molecule has 19 heavy (non-hydrogen) atoms. The van der Waals surface area contributed by atoms with Crippen LogP contribution in [0.5, 0.6) is 0 Å². The lowest BCUT2D eigenvalue weighted by molar-refractivity contribution is 0.281. The number of aliphatic hydroxyl groups excluding tert-OH is 1. The van der Waals surface area contributed by atoms with Crippen LogP contribution in [0.3, 0.4) is 0 Å². The molecule has 7 heteroatoms. The van der Waals surface area contributed by atoms with E-state index in [1.807, 2.05) is 0 Å². The smallest absolute Gasteiger partial charge is 0.246 e. The molecule has 1 rings (SSSR count). The standard InChI is InChI=1S/C12H19ClN2O3S/c1-15(8-3-2-4-9-16)19(17,18)12-10(13)6-5-7-11(12)14/h5-7,16H,2-4,8-9,14H2,1H3. The Labute approximate surface area is 119 Å². The Balaban J connectivity index is 2.85. The van der Waals surface area contributed by atoms with Gasteiger partial charge in [-0.15, -0.1) is 0 Å². The summed E-state index contributed by atoms with van der Waals surface area (Å²) in [5.41, 5.74) is 5.85. The minimum absolute atomic E-state index is 0.0404. The van der Waals surface area contributed by atoms with E-state index in [0.29, 0.717) is 19.4 Å². The lowest BCUT2D eigenvalue weighted by atomic mass is 10.2. The first-order valence-electron chi connectivity index (χ1n) is 6.02. The predicted molar refractivity (Wildman–Crippen MR) is 76.6 cm³/mol. The Kier molecular flexibility index (Phi) is 6.06. The summed E-state index contributed by atoms with van der Waals surface area (Å²) < 4.78 is 25.9. The molecule has 0 saturated heterocycles. The summed E-state index contributed by atoms with van der Waals surface area (Å²) in [5, 5.41) is 8.80. The van der Waals surface area contributed by atoms with Crippen LogP contribution >= 0.6 is 11.6 Å². The van der Waals surface area contributed by atoms with E-state index in [1.165, 1.54) is 23.5 Å². The first-order chi connectivity index (χ1) is 8.91. The van der Waals surface area contributed by atoms with Gasteiger partial charge in [0.1, 0.15) is 4.90 Å². The van der Waals surface area contributed by atoms with Crippen molar-refractivity contribution >= 4 is 27.3 Å². The highest BCUT2D eigenvalue weighted by molar-refractivity contribution is 7.89. The van der Waals surface area contributed by atoms with E-state index < -0.39 is 10.0 Å². The molecular weight excluding hydrogens is 288 g/mol. The topological polar surface area (TPSA) is 83.6 Å². The van der Waals surface area contributed by atoms with Crippen molar-refractivity contribution in [2.24, 2.45) is 0 Å². The number of rotatable bonds is 7. The van der Waals surface area contributed by atoms with Crippen LogP contribution in [0.4, 0.5) is 5.69 Å². The first-order valence-corrected chi connectivity index (χ1v) is 7.84. The summed E-state index contributed by atoms with van der Waals surface area (Å²) in [6.07, 6.45) is 2.12. The minimum Gasteiger partial charge on any atom is -0.398 e. The fourth-order valence-electron chi connectivity index (χ4n) is 1.70. The molecule has 0 spiro atoms. The molecule has 0 saturated carbocycles. The Morgan fingerprint density at radius 3 is 2.58 bits per heavy atom. The number of aliphatic hydroxyl groups is 1. The Morgan fingerprint density at radius 2 is 2.00 bits per heavy atom. The molecule has 0 radical (unpaired) electrons. The number of hydrogen-bond donors (Lipinski definition) is 2. The maximum Gasteiger partial charge on any atom is 0.246 e. The fourth-order valence-corrected chi connectivity index (χ4v) is 3.53. The van der Waals surface area contributed by atoms with Gasteiger partial charge in [0.25, 0.3) is 0 Å². The minimum atomic E-state index is -3.67. The van der Waals surface area contributed by atoms with Crippen molar-refractivity contribution in [1.29, 1.82) is 0 Å². The van der Waals surface area contributed by atoms with Crippen molar-refractivity contribution in [2.45, 2.75) is 24.2 Å². The first kappa shape index (κ1) is 16.2. The van der Waals surface area contributed by atoms with Gasteiger partial charge < -0.3 is 10.8 Å². The van der Waals surface area contributed by atoms with Crippen molar-refractivity contribution in [3.63, 3.8) is 0 Å². The van der Waals surface area contributed by atoms with Gasteiger partial charge in [0.05, 0.1) is 10.7 Å². The van der Waals surface area contributed by atoms with Crippen molar-refractivity contribution in [3.8, 4) is 0 Å². The van der Waals surface area contributed by atoms with Crippen LogP contribution in [0.2, 0.25) is 5.02 Å². The molecule has 0 amide bonds. The molecule has 0 aliphatic rings. The van der Waals surface area contributed by atoms with Crippen LogP contribution in [-0.4, -0.2) is 38.0 Å². The molecule has 0 unspecified atom stereocenters. The molecule has 0 heterocycles. The van der Waals surface area contributed by atoms with Crippen LogP contribution in [0.1, 0.15) is 19.3 Å². The number of unbranched alkanes of at least 4 members (excludes halogenated alkanes) is 2. The number of benzene rings is 1. The SMILES string of the molecule is CN(CCCCCO)S(=O)(=O)c1c(N)cccc1Cl. The number of nitrogen functional groups attached to an aromatic ring is 1. The molecule has 5 nitrogen and oxygen atoms in total. The van der Waals surface area contributed by atoms with Gasteiger partial charge in [-0.05, 0) is 31.4 Å². The van der Waals surface area contributed by atoms with E-state index in [2.05, 4.69) is 0 Å². The van der Waals surface area contributed by atoms with Gasteiger partial charge in [-0.2, -0.15) is 0 Å². The van der Waals surface area contributed by atoms with Gasteiger partial charge in [-0.3, -0.25) is 0 Å². The second kappa shape index (κ2) is 7.09. The number of halogens is 1. The summed E-state index contributed by atoms with van der Waals surface area (Å²) in [4.78, 5) is -0.0404. The fraction of sp³-hybridized carbons (Fsp3) is 0.500. The second-order valence-corrected chi connectivity index (χ2v) is 6.66. The summed E-state index contributed by atoms with van der Waals surface area (Å²) >= 11 is 5.92. The van der Waals surface area contributed by atoms with Gasteiger partial charge in [-0.1, -0.05) is 17.7 Å². The molecule has 1 aromatic carbocycles. The van der Waals surface area contributed by atoms with Crippen LogP contribution in [0, 0.1) is 0 Å². The van der Waals surface area contributed by atoms with Crippen LogP contribution < -0.4 is 5.73 Å². The summed E-state index contributed by atoms with van der Waals surface area (Å²) in [6.45, 7) is 0.487. The van der Waals surface area contributed by atoms with Crippen molar-refractivity contribution in [1.82, 2.24) is 4.31 Å². The number of nitrogens with zero attached hydrogens (tertiary/aromatic N) is 1. The van der Waals surface area contributed by atoms with Crippen molar-refractivity contribution in [2.75, 3.05) is 25.9 Å². The van der Waals surface area contributed by atoms with Gasteiger partial charge in [0.2, 0.25) is 10.0 Å². The third-order valence-corrected chi connectivity index (χ3v) is 5.20. The maximum atomic E-state index is 12.3. The Morgan fingerprint density at radius 1 is 1.32 bits per heavy atom.